The predicted octanol–water partition coefficient (Wildman–Crippen LogP) is 4.27. The minimum atomic E-state index is 0.176. The highest BCUT2D eigenvalue weighted by molar-refractivity contribution is 9.11. The van der Waals surface area contributed by atoms with Crippen LogP contribution in [0.15, 0.2) is 21.1 Å². The lowest BCUT2D eigenvalue weighted by atomic mass is 9.92. The van der Waals surface area contributed by atoms with E-state index in [9.17, 15) is 0 Å². The molecule has 0 atom stereocenters. The number of benzene rings is 1. The Morgan fingerprint density at radius 3 is 2.40 bits per heavy atom. The van der Waals surface area contributed by atoms with E-state index in [0.29, 0.717) is 6.61 Å². The van der Waals surface area contributed by atoms with Crippen LogP contribution in [0.4, 0.5) is 0 Å². The lowest BCUT2D eigenvalue weighted by Gasteiger charge is -2.34. The van der Waals surface area contributed by atoms with Gasteiger partial charge in [-0.15, -0.1) is 0 Å². The molecule has 1 aliphatic rings. The predicted molar refractivity (Wildman–Crippen MR) is 88.3 cm³/mol. The van der Waals surface area contributed by atoms with Crippen LogP contribution in [0.3, 0.4) is 0 Å². The van der Waals surface area contributed by atoms with Gasteiger partial charge in [0.15, 0.2) is 0 Å². The van der Waals surface area contributed by atoms with Crippen molar-refractivity contribution in [1.29, 1.82) is 0 Å². The lowest BCUT2D eigenvalue weighted by molar-refractivity contribution is 0.0446. The molecule has 0 aromatic heterocycles. The highest BCUT2D eigenvalue weighted by Gasteiger charge is 2.26. The van der Waals surface area contributed by atoms with E-state index in [-0.39, 0.29) is 5.54 Å². The summed E-state index contributed by atoms with van der Waals surface area (Å²) in [7, 11) is 0. The SMILES string of the molecule is CCOc1c(Br)cc(CNC2(C)CCOCC2)cc1Br. The van der Waals surface area contributed by atoms with Crippen molar-refractivity contribution in [2.75, 3.05) is 19.8 Å². The monoisotopic (exact) mass is 405 g/mol. The molecule has 5 heteroatoms. The van der Waals surface area contributed by atoms with E-state index in [1.165, 1.54) is 5.56 Å². The number of hydrogen-bond acceptors (Lipinski definition) is 3. The smallest absolute Gasteiger partial charge is 0.147 e. The van der Waals surface area contributed by atoms with Crippen molar-refractivity contribution in [3.05, 3.63) is 26.6 Å². The average Bonchev–Trinajstić information content (AvgIpc) is 2.42. The Morgan fingerprint density at radius 2 is 1.85 bits per heavy atom. The van der Waals surface area contributed by atoms with E-state index in [1.807, 2.05) is 6.92 Å². The van der Waals surface area contributed by atoms with Crippen LogP contribution in [-0.2, 0) is 11.3 Å². The molecular weight excluding hydrogens is 386 g/mol. The summed E-state index contributed by atoms with van der Waals surface area (Å²) < 4.78 is 13.0. The normalized spacial score (nSPS) is 18.0. The van der Waals surface area contributed by atoms with Gasteiger partial charge >= 0.3 is 0 Å². The number of halogens is 2. The van der Waals surface area contributed by atoms with Gasteiger partial charge in [0, 0.05) is 25.3 Å². The summed E-state index contributed by atoms with van der Waals surface area (Å²) in [4.78, 5) is 0. The van der Waals surface area contributed by atoms with Crippen molar-refractivity contribution in [2.24, 2.45) is 0 Å². The van der Waals surface area contributed by atoms with E-state index in [1.54, 1.807) is 0 Å². The van der Waals surface area contributed by atoms with Gasteiger partial charge in [-0.2, -0.15) is 0 Å². The quantitative estimate of drug-likeness (QED) is 0.791. The second-order valence-corrected chi connectivity index (χ2v) is 7.06. The Hall–Kier alpha value is -0.100. The Morgan fingerprint density at radius 1 is 1.25 bits per heavy atom. The molecule has 0 amide bonds. The molecule has 1 fully saturated rings. The molecule has 1 aromatic carbocycles. The lowest BCUT2D eigenvalue weighted by Crippen LogP contribution is -2.46. The second kappa shape index (κ2) is 7.25. The van der Waals surface area contributed by atoms with Crippen molar-refractivity contribution in [2.45, 2.75) is 38.8 Å². The third-order valence-corrected chi connectivity index (χ3v) is 4.84. The van der Waals surface area contributed by atoms with Crippen LogP contribution in [0.25, 0.3) is 0 Å². The first-order chi connectivity index (χ1) is 9.54. The fourth-order valence-electron chi connectivity index (χ4n) is 2.31. The van der Waals surface area contributed by atoms with Crippen LogP contribution in [-0.4, -0.2) is 25.4 Å². The number of ether oxygens (including phenoxy) is 2. The average molecular weight is 407 g/mol. The molecule has 0 bridgehead atoms. The summed E-state index contributed by atoms with van der Waals surface area (Å²) in [5, 5.41) is 3.66. The Labute approximate surface area is 137 Å². The molecule has 1 saturated heterocycles. The van der Waals surface area contributed by atoms with E-state index in [4.69, 9.17) is 9.47 Å². The van der Waals surface area contributed by atoms with Crippen LogP contribution in [0, 0.1) is 0 Å². The Balaban J connectivity index is 2.03. The van der Waals surface area contributed by atoms with Gasteiger partial charge in [-0.05, 0) is 76.2 Å². The molecule has 1 heterocycles. The Kier molecular flexibility index (Phi) is 5.90. The largest absolute Gasteiger partial charge is 0.492 e. The molecule has 20 heavy (non-hydrogen) atoms. The molecule has 0 saturated carbocycles. The molecule has 112 valence electrons. The van der Waals surface area contributed by atoms with E-state index in [0.717, 1.165) is 47.3 Å². The van der Waals surface area contributed by atoms with Crippen molar-refractivity contribution in [3.63, 3.8) is 0 Å². The fraction of sp³-hybridized carbons (Fsp3) is 0.600. The molecule has 3 nitrogen and oxygen atoms in total. The summed E-state index contributed by atoms with van der Waals surface area (Å²) >= 11 is 7.15. The number of hydrogen-bond donors (Lipinski definition) is 1. The summed E-state index contributed by atoms with van der Waals surface area (Å²) in [5.41, 5.74) is 1.41. The molecule has 2 rings (SSSR count). The standard InChI is InChI=1S/C15H21Br2NO2/c1-3-20-14-12(16)8-11(9-13(14)17)10-18-15(2)4-6-19-7-5-15/h8-9,18H,3-7,10H2,1-2H3. The summed E-state index contributed by atoms with van der Waals surface area (Å²) in [6, 6.07) is 4.23. The van der Waals surface area contributed by atoms with Crippen molar-refractivity contribution < 1.29 is 9.47 Å². The van der Waals surface area contributed by atoms with Crippen LogP contribution < -0.4 is 10.1 Å². The third-order valence-electron chi connectivity index (χ3n) is 3.66. The molecule has 1 aliphatic heterocycles. The van der Waals surface area contributed by atoms with Gasteiger partial charge in [-0.25, -0.2) is 0 Å². The maximum Gasteiger partial charge on any atom is 0.147 e. The fourth-order valence-corrected chi connectivity index (χ4v) is 3.82. The zero-order valence-corrected chi connectivity index (χ0v) is 15.1. The zero-order valence-electron chi connectivity index (χ0n) is 12.0. The summed E-state index contributed by atoms with van der Waals surface area (Å²) in [5.74, 6) is 0.869. The van der Waals surface area contributed by atoms with Gasteiger partial charge < -0.3 is 14.8 Å². The van der Waals surface area contributed by atoms with E-state index < -0.39 is 0 Å². The molecule has 0 aliphatic carbocycles. The summed E-state index contributed by atoms with van der Waals surface area (Å²) in [6.45, 7) is 7.46. The highest BCUT2D eigenvalue weighted by Crippen LogP contribution is 2.35. The maximum absolute atomic E-state index is 5.61. The van der Waals surface area contributed by atoms with Crippen LogP contribution in [0.1, 0.15) is 32.3 Å². The minimum Gasteiger partial charge on any atom is -0.492 e. The molecule has 0 unspecified atom stereocenters. The molecule has 0 spiro atoms. The molecule has 1 aromatic rings. The number of nitrogens with one attached hydrogen (secondary N) is 1. The van der Waals surface area contributed by atoms with Crippen LogP contribution >= 0.6 is 31.9 Å². The highest BCUT2D eigenvalue weighted by atomic mass is 79.9. The minimum absolute atomic E-state index is 0.176. The number of rotatable bonds is 5. The summed E-state index contributed by atoms with van der Waals surface area (Å²) in [6.07, 6.45) is 2.12. The molecule has 1 N–H and O–H groups in total. The Bertz CT molecular complexity index is 436. The molecular formula is C15H21Br2NO2. The van der Waals surface area contributed by atoms with Crippen molar-refractivity contribution in [1.82, 2.24) is 5.32 Å². The van der Waals surface area contributed by atoms with Gasteiger partial charge in [-0.3, -0.25) is 0 Å². The first kappa shape index (κ1) is 16.3. The third kappa shape index (κ3) is 4.20. The van der Waals surface area contributed by atoms with Gasteiger partial charge in [0.05, 0.1) is 15.6 Å². The molecule has 0 radical (unpaired) electrons. The van der Waals surface area contributed by atoms with E-state index in [2.05, 4.69) is 56.2 Å². The van der Waals surface area contributed by atoms with E-state index >= 15 is 0 Å². The zero-order chi connectivity index (χ0) is 14.6. The first-order valence-corrected chi connectivity index (χ1v) is 8.56. The van der Waals surface area contributed by atoms with Gasteiger partial charge in [0.25, 0.3) is 0 Å². The second-order valence-electron chi connectivity index (χ2n) is 5.35. The topological polar surface area (TPSA) is 30.5 Å². The van der Waals surface area contributed by atoms with Gasteiger partial charge in [0.2, 0.25) is 0 Å². The van der Waals surface area contributed by atoms with Gasteiger partial charge in [0.1, 0.15) is 5.75 Å². The van der Waals surface area contributed by atoms with Gasteiger partial charge in [-0.1, -0.05) is 0 Å². The van der Waals surface area contributed by atoms with Crippen molar-refractivity contribution >= 4 is 31.9 Å². The van der Waals surface area contributed by atoms with Crippen molar-refractivity contribution in [3.8, 4) is 5.75 Å². The van der Waals surface area contributed by atoms with Crippen LogP contribution in [0.2, 0.25) is 0 Å². The first-order valence-electron chi connectivity index (χ1n) is 6.97. The van der Waals surface area contributed by atoms with Crippen LogP contribution in [0.5, 0.6) is 5.75 Å². The maximum atomic E-state index is 5.61.